The minimum Gasteiger partial charge on any atom is -0.364 e. The van der Waals surface area contributed by atoms with Crippen molar-refractivity contribution in [1.82, 2.24) is 9.97 Å². The number of thioether (sulfide) groups is 1. The van der Waals surface area contributed by atoms with Crippen LogP contribution >= 0.6 is 11.8 Å². The van der Waals surface area contributed by atoms with Gasteiger partial charge in [0.25, 0.3) is 0 Å². The highest BCUT2D eigenvalue weighted by Crippen LogP contribution is 2.26. The van der Waals surface area contributed by atoms with E-state index in [1.807, 2.05) is 11.8 Å². The van der Waals surface area contributed by atoms with Crippen LogP contribution in [0.5, 0.6) is 0 Å². The quantitative estimate of drug-likeness (QED) is 0.411. The van der Waals surface area contributed by atoms with E-state index in [4.69, 9.17) is 0 Å². The van der Waals surface area contributed by atoms with E-state index in [1.54, 1.807) is 14.0 Å². The molecule has 0 aromatic carbocycles. The van der Waals surface area contributed by atoms with Crippen LogP contribution in [0.15, 0.2) is 0 Å². The predicted molar refractivity (Wildman–Crippen MR) is 83.7 cm³/mol. The lowest BCUT2D eigenvalue weighted by atomic mass is 10.2. The molecule has 7 nitrogen and oxygen atoms in total. The first-order valence-electron chi connectivity index (χ1n) is 6.53. The summed E-state index contributed by atoms with van der Waals surface area (Å²) in [6, 6.07) is 0. The Hall–Kier alpha value is -1.57. The molecular weight excluding hydrogens is 278 g/mol. The molecule has 0 saturated carbocycles. The molecule has 112 valence electrons. The van der Waals surface area contributed by atoms with Crippen LogP contribution in [0.2, 0.25) is 0 Å². The van der Waals surface area contributed by atoms with Crippen molar-refractivity contribution >= 4 is 29.2 Å². The summed E-state index contributed by atoms with van der Waals surface area (Å²) < 4.78 is 0. The van der Waals surface area contributed by atoms with E-state index in [2.05, 4.69) is 26.9 Å². The summed E-state index contributed by atoms with van der Waals surface area (Å²) in [5.74, 6) is 1.83. The van der Waals surface area contributed by atoms with Gasteiger partial charge in [0.15, 0.2) is 0 Å². The summed E-state index contributed by atoms with van der Waals surface area (Å²) in [5, 5.41) is 16.9. The maximum atomic E-state index is 11.1. The Kier molecular flexibility index (Phi) is 7.06. The number of unbranched alkanes of at least 4 members (excludes halogenated alkanes) is 2. The fourth-order valence-electron chi connectivity index (χ4n) is 1.78. The standard InChI is InChI=1S/C12H21N5O2S/c1-9-10(17(18)19)11(16-12(13-2)15-9)14-7-5-4-6-8-20-3/h4-8H2,1-3H3,(H2,13,14,15,16). The SMILES string of the molecule is CNc1nc(C)c([N+](=O)[O-])c(NCCCCCSC)n1. The molecule has 8 heteroatoms. The van der Waals surface area contributed by atoms with E-state index in [0.717, 1.165) is 25.0 Å². The normalized spacial score (nSPS) is 10.3. The van der Waals surface area contributed by atoms with Crippen LogP contribution in [0.3, 0.4) is 0 Å². The molecule has 1 aromatic heterocycles. The van der Waals surface area contributed by atoms with E-state index in [-0.39, 0.29) is 11.5 Å². The van der Waals surface area contributed by atoms with Gasteiger partial charge in [0.1, 0.15) is 5.69 Å². The Morgan fingerprint density at radius 1 is 1.30 bits per heavy atom. The molecule has 0 spiro atoms. The molecule has 0 aliphatic carbocycles. The molecule has 2 N–H and O–H groups in total. The summed E-state index contributed by atoms with van der Waals surface area (Å²) in [7, 11) is 1.69. The average molecular weight is 299 g/mol. The third kappa shape index (κ3) is 4.84. The molecule has 0 fully saturated rings. The maximum Gasteiger partial charge on any atom is 0.332 e. The molecule has 0 saturated heterocycles. The fraction of sp³-hybridized carbons (Fsp3) is 0.667. The van der Waals surface area contributed by atoms with Crippen LogP contribution in [0, 0.1) is 17.0 Å². The van der Waals surface area contributed by atoms with Gasteiger partial charge in [-0.2, -0.15) is 16.7 Å². The van der Waals surface area contributed by atoms with Crippen LogP contribution in [0.4, 0.5) is 17.5 Å². The molecule has 0 atom stereocenters. The highest BCUT2D eigenvalue weighted by molar-refractivity contribution is 7.98. The molecule has 0 radical (unpaired) electrons. The van der Waals surface area contributed by atoms with Gasteiger partial charge in [0, 0.05) is 13.6 Å². The third-order valence-corrected chi connectivity index (χ3v) is 3.48. The zero-order valence-electron chi connectivity index (χ0n) is 12.1. The van der Waals surface area contributed by atoms with Crippen molar-refractivity contribution in [2.24, 2.45) is 0 Å². The first-order chi connectivity index (χ1) is 9.60. The van der Waals surface area contributed by atoms with Crippen molar-refractivity contribution in [3.63, 3.8) is 0 Å². The number of nitrogens with zero attached hydrogens (tertiary/aromatic N) is 3. The second-order valence-electron chi connectivity index (χ2n) is 4.32. The first-order valence-corrected chi connectivity index (χ1v) is 7.93. The van der Waals surface area contributed by atoms with Crippen LogP contribution in [-0.2, 0) is 0 Å². The van der Waals surface area contributed by atoms with Crippen molar-refractivity contribution in [2.75, 3.05) is 36.2 Å². The number of nitrogens with one attached hydrogen (secondary N) is 2. The lowest BCUT2D eigenvalue weighted by molar-refractivity contribution is -0.385. The molecule has 0 unspecified atom stereocenters. The summed E-state index contributed by atoms with van der Waals surface area (Å²) in [4.78, 5) is 18.8. The number of hydrogen-bond acceptors (Lipinski definition) is 7. The first kappa shape index (κ1) is 16.5. The molecular formula is C12H21N5O2S. The Balaban J connectivity index is 2.67. The Morgan fingerprint density at radius 2 is 2.05 bits per heavy atom. The van der Waals surface area contributed by atoms with Crippen molar-refractivity contribution in [2.45, 2.75) is 26.2 Å². The zero-order valence-corrected chi connectivity index (χ0v) is 12.9. The number of nitro groups is 1. The molecule has 1 heterocycles. The Labute approximate surface area is 123 Å². The number of aryl methyl sites for hydroxylation is 1. The lowest BCUT2D eigenvalue weighted by Crippen LogP contribution is -2.10. The summed E-state index contributed by atoms with van der Waals surface area (Å²) >= 11 is 1.83. The van der Waals surface area contributed by atoms with Gasteiger partial charge in [-0.1, -0.05) is 6.42 Å². The van der Waals surface area contributed by atoms with Gasteiger partial charge in [-0.3, -0.25) is 10.1 Å². The van der Waals surface area contributed by atoms with Gasteiger partial charge >= 0.3 is 5.69 Å². The fourth-order valence-corrected chi connectivity index (χ4v) is 2.27. The second kappa shape index (κ2) is 8.57. The Morgan fingerprint density at radius 3 is 2.65 bits per heavy atom. The molecule has 0 aliphatic rings. The molecule has 1 rings (SSSR count). The molecule has 1 aromatic rings. The summed E-state index contributed by atoms with van der Waals surface area (Å²) in [5.41, 5.74) is 0.312. The van der Waals surface area contributed by atoms with Crippen molar-refractivity contribution in [1.29, 1.82) is 0 Å². The average Bonchev–Trinajstić information content (AvgIpc) is 2.41. The van der Waals surface area contributed by atoms with Gasteiger partial charge in [0.2, 0.25) is 11.8 Å². The monoisotopic (exact) mass is 299 g/mol. The van der Waals surface area contributed by atoms with Gasteiger partial charge in [-0.15, -0.1) is 0 Å². The highest BCUT2D eigenvalue weighted by atomic mass is 32.2. The van der Waals surface area contributed by atoms with E-state index in [0.29, 0.717) is 18.2 Å². The van der Waals surface area contributed by atoms with Crippen molar-refractivity contribution in [3.8, 4) is 0 Å². The number of aromatic nitrogens is 2. The van der Waals surface area contributed by atoms with Gasteiger partial charge in [-0.05, 0) is 31.8 Å². The summed E-state index contributed by atoms with van der Waals surface area (Å²) in [6.07, 6.45) is 5.32. The minimum absolute atomic E-state index is 0.0480. The predicted octanol–water partition coefficient (Wildman–Crippen LogP) is 2.68. The van der Waals surface area contributed by atoms with Gasteiger partial charge in [-0.25, -0.2) is 4.98 Å². The second-order valence-corrected chi connectivity index (χ2v) is 5.30. The van der Waals surface area contributed by atoms with E-state index in [9.17, 15) is 10.1 Å². The van der Waals surface area contributed by atoms with Crippen LogP contribution in [-0.4, -0.2) is 40.5 Å². The molecule has 20 heavy (non-hydrogen) atoms. The zero-order chi connectivity index (χ0) is 15.0. The van der Waals surface area contributed by atoms with Gasteiger partial charge < -0.3 is 10.6 Å². The van der Waals surface area contributed by atoms with Crippen molar-refractivity contribution < 1.29 is 4.92 Å². The third-order valence-electron chi connectivity index (χ3n) is 2.78. The lowest BCUT2D eigenvalue weighted by Gasteiger charge is -2.09. The molecule has 0 aliphatic heterocycles. The number of anilines is 2. The molecule has 0 amide bonds. The minimum atomic E-state index is -0.440. The van der Waals surface area contributed by atoms with Crippen LogP contribution in [0.1, 0.15) is 25.0 Å². The molecule has 0 bridgehead atoms. The van der Waals surface area contributed by atoms with E-state index >= 15 is 0 Å². The Bertz CT molecular complexity index is 456. The topological polar surface area (TPSA) is 93.0 Å². The highest BCUT2D eigenvalue weighted by Gasteiger charge is 2.21. The largest absolute Gasteiger partial charge is 0.364 e. The maximum absolute atomic E-state index is 11.1. The van der Waals surface area contributed by atoms with Gasteiger partial charge in [0.05, 0.1) is 4.92 Å². The van der Waals surface area contributed by atoms with Crippen LogP contribution < -0.4 is 10.6 Å². The van der Waals surface area contributed by atoms with E-state index in [1.165, 1.54) is 0 Å². The van der Waals surface area contributed by atoms with Crippen LogP contribution in [0.25, 0.3) is 0 Å². The number of rotatable bonds is 9. The summed E-state index contributed by atoms with van der Waals surface area (Å²) in [6.45, 7) is 2.29. The van der Waals surface area contributed by atoms with Crippen molar-refractivity contribution in [3.05, 3.63) is 15.8 Å². The smallest absolute Gasteiger partial charge is 0.332 e. The number of hydrogen-bond donors (Lipinski definition) is 2. The van der Waals surface area contributed by atoms with E-state index < -0.39 is 4.92 Å².